The fraction of sp³-hybridized carbons (Fsp3) is 1.00. The van der Waals surface area contributed by atoms with Gasteiger partial charge in [0.25, 0.3) is 0 Å². The molecule has 1 fully saturated rings. The largest absolute Gasteiger partial charge is 0.560 e. The Labute approximate surface area is 83.2 Å². The molecule has 1 rings (SSSR count). The zero-order valence-electron chi connectivity index (χ0n) is 5.94. The van der Waals surface area contributed by atoms with Crippen LogP contribution < -0.4 is 0 Å². The van der Waals surface area contributed by atoms with E-state index in [0.29, 0.717) is 6.61 Å². The van der Waals surface area contributed by atoms with Crippen LogP contribution in [0.4, 0.5) is 0 Å². The van der Waals surface area contributed by atoms with Crippen LogP contribution in [0.25, 0.3) is 0 Å². The van der Waals surface area contributed by atoms with E-state index in [1.807, 2.05) is 6.92 Å². The van der Waals surface area contributed by atoms with Gasteiger partial charge in [-0.1, -0.05) is 0 Å². The summed E-state index contributed by atoms with van der Waals surface area (Å²) in [6.07, 6.45) is 1.64. The fourth-order valence-electron chi connectivity index (χ4n) is 0.520. The van der Waals surface area contributed by atoms with Gasteiger partial charge in [0.15, 0.2) is 5.79 Å². The van der Waals surface area contributed by atoms with Gasteiger partial charge in [-0.05, 0) is 6.92 Å². The molecule has 1 aliphatic carbocycles. The second-order valence-corrected chi connectivity index (χ2v) is 10.1. The van der Waals surface area contributed by atoms with E-state index in [-0.39, 0.29) is 16.0 Å². The van der Waals surface area contributed by atoms with Gasteiger partial charge in [0.1, 0.15) is 0 Å². The highest BCUT2D eigenvalue weighted by Crippen LogP contribution is 2.35. The monoisotopic (exact) mass is 284 g/mol. The van der Waals surface area contributed by atoms with Crippen LogP contribution in [0, 0.1) is 0 Å². The van der Waals surface area contributed by atoms with Crippen LogP contribution >= 0.6 is 25.8 Å². The van der Waals surface area contributed by atoms with Crippen molar-refractivity contribution in [3.05, 3.63) is 0 Å². The number of halogens is 2. The van der Waals surface area contributed by atoms with Crippen LogP contribution in [-0.2, 0) is 4.74 Å². The molecule has 0 aromatic heterocycles. The minimum atomic E-state index is -0.700. The van der Waals surface area contributed by atoms with Gasteiger partial charge < -0.3 is 9.84 Å². The second-order valence-electron chi connectivity index (χ2n) is 1.98. The summed E-state index contributed by atoms with van der Waals surface area (Å²) in [4.78, 5) is 0. The lowest BCUT2D eigenvalue weighted by Gasteiger charge is -2.04. The lowest BCUT2D eigenvalue weighted by Crippen LogP contribution is -2.11. The fourth-order valence-corrected chi connectivity index (χ4v) is 0.520. The Hall–Kier alpha value is 1.65. The van der Waals surface area contributed by atoms with Gasteiger partial charge in [0.2, 0.25) is 0 Å². The zero-order chi connectivity index (χ0) is 8.04. The van der Waals surface area contributed by atoms with Crippen LogP contribution in [-0.4, -0.2) is 33.5 Å². The van der Waals surface area contributed by atoms with E-state index in [1.54, 1.807) is 0 Å². The number of aliphatic hydroxyl groups is 1. The Morgan fingerprint density at radius 3 is 2.10 bits per heavy atom. The Morgan fingerprint density at radius 1 is 1.60 bits per heavy atom. The average Bonchev–Trinajstić information content (AvgIpc) is 2.51. The van der Waals surface area contributed by atoms with Crippen molar-refractivity contribution in [1.82, 2.24) is 0 Å². The molecule has 5 heteroatoms. The molecule has 0 heterocycles. The van der Waals surface area contributed by atoms with Crippen LogP contribution in [0.1, 0.15) is 19.8 Å². The van der Waals surface area contributed by atoms with E-state index in [9.17, 15) is 0 Å². The minimum Gasteiger partial charge on any atom is -0.365 e. The maximum atomic E-state index is 8.91. The molecular weight excluding hydrogens is 276 g/mol. The quantitative estimate of drug-likeness (QED) is 0.620. The number of ether oxygens (including phenoxy) is 1. The maximum absolute atomic E-state index is 8.91. The van der Waals surface area contributed by atoms with Gasteiger partial charge in [-0.3, -0.25) is 25.8 Å². The minimum absolute atomic E-state index is 0.0417. The van der Waals surface area contributed by atoms with Gasteiger partial charge >= 0.3 is 16.0 Å². The Bertz CT molecular complexity index is 87.7. The van der Waals surface area contributed by atoms with Crippen molar-refractivity contribution >= 4 is 41.8 Å². The molecule has 0 aromatic rings. The lowest BCUT2D eigenvalue weighted by molar-refractivity contribution is -0.120. The number of rotatable bonds is 2. The summed E-state index contributed by atoms with van der Waals surface area (Å²) in [5.74, 6) is -0.700. The summed E-state index contributed by atoms with van der Waals surface area (Å²) in [5, 5.41) is 8.91. The molecule has 0 aliphatic heterocycles. The highest BCUT2D eigenvalue weighted by molar-refractivity contribution is 9.47. The molecule has 0 aromatic carbocycles. The molecule has 0 unspecified atom stereocenters. The summed E-state index contributed by atoms with van der Waals surface area (Å²) in [5.41, 5.74) is 0. The average molecular weight is 286 g/mol. The van der Waals surface area contributed by atoms with Crippen LogP contribution in [0.5, 0.6) is 0 Å². The molecule has 1 aliphatic rings. The van der Waals surface area contributed by atoms with E-state index in [4.69, 9.17) is 9.84 Å². The van der Waals surface area contributed by atoms with Gasteiger partial charge in [0, 0.05) is 19.4 Å². The molecule has 0 spiro atoms. The summed E-state index contributed by atoms with van der Waals surface area (Å²) >= 11 is 6.44. The van der Waals surface area contributed by atoms with Crippen molar-refractivity contribution < 1.29 is 9.84 Å². The normalized spacial score (nSPS) is 18.4. The van der Waals surface area contributed by atoms with Crippen molar-refractivity contribution in [1.29, 1.82) is 0 Å². The molecule has 0 saturated heterocycles. The van der Waals surface area contributed by atoms with Crippen molar-refractivity contribution in [3.8, 4) is 0 Å². The van der Waals surface area contributed by atoms with E-state index in [2.05, 4.69) is 25.8 Å². The third-order valence-electron chi connectivity index (χ3n) is 1.09. The molecule has 0 radical (unpaired) electrons. The predicted molar refractivity (Wildman–Crippen MR) is 49.4 cm³/mol. The smallest absolute Gasteiger partial charge is 0.365 e. The Balaban J connectivity index is 0.000000236. The summed E-state index contributed by atoms with van der Waals surface area (Å²) in [6.45, 7) is 2.51. The van der Waals surface area contributed by atoms with Gasteiger partial charge in [-0.25, -0.2) is 0 Å². The third-order valence-corrected chi connectivity index (χ3v) is 1.09. The first-order chi connectivity index (χ1) is 4.68. The summed E-state index contributed by atoms with van der Waals surface area (Å²) in [7, 11) is 0. The number of hydrogen-bond donors (Lipinski definition) is 1. The van der Waals surface area contributed by atoms with Crippen molar-refractivity contribution in [2.75, 3.05) is 6.61 Å². The lowest BCUT2D eigenvalue weighted by atomic mass is 10.7. The van der Waals surface area contributed by atoms with E-state index >= 15 is 0 Å². The topological polar surface area (TPSA) is 29.5 Å². The van der Waals surface area contributed by atoms with Gasteiger partial charge in [0.05, 0.1) is 0 Å². The van der Waals surface area contributed by atoms with E-state index in [1.165, 1.54) is 0 Å². The van der Waals surface area contributed by atoms with Crippen molar-refractivity contribution in [2.45, 2.75) is 25.6 Å². The Morgan fingerprint density at radius 2 is 2.00 bits per heavy atom. The molecular formula is C5H10Br2MgO2. The maximum Gasteiger partial charge on any atom is 0.560 e. The first-order valence-electron chi connectivity index (χ1n) is 3.17. The molecule has 58 valence electrons. The van der Waals surface area contributed by atoms with Gasteiger partial charge in [-0.15, -0.1) is 0 Å². The highest BCUT2D eigenvalue weighted by atomic mass is 79.9. The van der Waals surface area contributed by atoms with Crippen LogP contribution in [0.15, 0.2) is 0 Å². The van der Waals surface area contributed by atoms with Crippen molar-refractivity contribution in [3.63, 3.8) is 0 Å². The van der Waals surface area contributed by atoms with Crippen LogP contribution in [0.2, 0.25) is 0 Å². The van der Waals surface area contributed by atoms with Crippen LogP contribution in [0.3, 0.4) is 0 Å². The highest BCUT2D eigenvalue weighted by Gasteiger charge is 2.41. The molecule has 0 amide bonds. The Kier molecular flexibility index (Phi) is 7.21. The first kappa shape index (κ1) is 11.6. The first-order valence-corrected chi connectivity index (χ1v) is 11.0. The standard InChI is InChI=1S/C5H10O2.2BrH.Mg/c1-2-7-5(6)3-4-5;;;/h6H,2-4H2,1H3;2*1H;/q;;;+2/p-2. The third kappa shape index (κ3) is 6.36. The summed E-state index contributed by atoms with van der Waals surface area (Å²) < 4.78 is 4.90. The molecule has 1 saturated carbocycles. The SMILES string of the molecule is CCOC1(O)CC1.[Br][Mg][Br]. The predicted octanol–water partition coefficient (Wildman–Crippen LogP) is 1.82. The molecule has 2 nitrogen and oxygen atoms in total. The zero-order valence-corrected chi connectivity index (χ0v) is 10.5. The second kappa shape index (κ2) is 6.19. The number of hydrogen-bond acceptors (Lipinski definition) is 2. The van der Waals surface area contributed by atoms with E-state index < -0.39 is 5.79 Å². The van der Waals surface area contributed by atoms with E-state index in [0.717, 1.165) is 12.8 Å². The molecule has 10 heavy (non-hydrogen) atoms. The molecule has 1 N–H and O–H groups in total. The van der Waals surface area contributed by atoms with Crippen molar-refractivity contribution in [2.24, 2.45) is 0 Å². The van der Waals surface area contributed by atoms with Gasteiger partial charge in [-0.2, -0.15) is 0 Å². The molecule has 0 bridgehead atoms. The summed E-state index contributed by atoms with van der Waals surface area (Å²) in [6, 6.07) is 0. The molecule has 0 atom stereocenters.